The van der Waals surface area contributed by atoms with Crippen LogP contribution in [0.4, 0.5) is 0 Å². The molecule has 2 aliphatic heterocycles. The van der Waals surface area contributed by atoms with E-state index in [1.165, 1.54) is 16.2 Å². The fourth-order valence-corrected chi connectivity index (χ4v) is 9.68. The molecule has 4 heterocycles. The van der Waals surface area contributed by atoms with Crippen LogP contribution in [0.25, 0.3) is 0 Å². The summed E-state index contributed by atoms with van der Waals surface area (Å²) in [6.45, 7) is 0.370. The number of carboxylic acid groups (broad SMARTS) is 1. The van der Waals surface area contributed by atoms with Gasteiger partial charge in [0.05, 0.1) is 33.9 Å². The highest BCUT2D eigenvalue weighted by atomic mass is 32.2. The second-order valence-corrected chi connectivity index (χ2v) is 11.7. The van der Waals surface area contributed by atoms with Crippen LogP contribution in [0.5, 0.6) is 0 Å². The number of thioether (sulfide) groups is 1. The van der Waals surface area contributed by atoms with Crippen LogP contribution in [0.1, 0.15) is 48.7 Å². The Morgan fingerprint density at radius 3 is 2.67 bits per heavy atom. The predicted octanol–water partition coefficient (Wildman–Crippen LogP) is 3.15. The summed E-state index contributed by atoms with van der Waals surface area (Å²) >= 11 is 2.89. The number of carboxylic acids is 1. The van der Waals surface area contributed by atoms with Crippen LogP contribution in [0.2, 0.25) is 0 Å². The fourth-order valence-electron chi connectivity index (χ4n) is 6.81. The minimum Gasteiger partial charge on any atom is -0.481 e. The van der Waals surface area contributed by atoms with Crippen molar-refractivity contribution in [1.29, 1.82) is 0 Å². The van der Waals surface area contributed by atoms with Crippen molar-refractivity contribution >= 4 is 40.9 Å². The zero-order valence-corrected chi connectivity index (χ0v) is 19.4. The second-order valence-electron chi connectivity index (χ2n) is 9.51. The summed E-state index contributed by atoms with van der Waals surface area (Å²) in [7, 11) is 0. The Bertz CT molecular complexity index is 1170. The molecule has 2 aliphatic carbocycles. The van der Waals surface area contributed by atoms with Crippen LogP contribution < -0.4 is 4.87 Å². The lowest BCUT2D eigenvalue weighted by atomic mass is 9.69. The Morgan fingerprint density at radius 1 is 1.15 bits per heavy atom. The quantitative estimate of drug-likeness (QED) is 0.454. The number of nitrogens with one attached hydrogen (secondary N) is 1. The van der Waals surface area contributed by atoms with E-state index in [0.29, 0.717) is 25.8 Å². The molecule has 1 saturated heterocycles. The van der Waals surface area contributed by atoms with Gasteiger partial charge in [-0.15, -0.1) is 11.8 Å². The molecule has 33 heavy (non-hydrogen) atoms. The monoisotopic (exact) mass is 488 g/mol. The highest BCUT2D eigenvalue weighted by molar-refractivity contribution is 8.00. The molecule has 2 amide bonds. The first-order valence-corrected chi connectivity index (χ1v) is 13.2. The number of aromatic nitrogens is 1. The molecular formula is C23H24N2O6S2. The number of likely N-dealkylation sites (tertiary alicyclic amines) is 1. The molecule has 0 spiro atoms. The van der Waals surface area contributed by atoms with Crippen LogP contribution in [-0.4, -0.2) is 44.6 Å². The number of hydrogen-bond acceptors (Lipinski definition) is 7. The number of H-pyrrole nitrogens is 1. The Labute approximate surface area is 197 Å². The van der Waals surface area contributed by atoms with E-state index in [1.54, 1.807) is 18.0 Å². The van der Waals surface area contributed by atoms with Gasteiger partial charge in [0.2, 0.25) is 11.8 Å². The first-order valence-electron chi connectivity index (χ1n) is 11.5. The zero-order valence-electron chi connectivity index (χ0n) is 17.8. The molecule has 2 saturated carbocycles. The molecule has 2 N–H and O–H groups in total. The molecule has 0 unspecified atom stereocenters. The third-order valence-electron chi connectivity index (χ3n) is 7.94. The maximum absolute atomic E-state index is 13.4. The highest BCUT2D eigenvalue weighted by Gasteiger charge is 2.69. The molecule has 2 bridgehead atoms. The van der Waals surface area contributed by atoms with E-state index in [1.807, 2.05) is 12.1 Å². The topological polar surface area (TPSA) is 121 Å². The standard InChI is InChI=1S/C23H24N2O6S2/c26-13(27)6-2-1-3-7-25-21(28)15-10-9-11(16(15)22(25)29)18-14(10)17(12-5-4-8-31-12)19-20(32-18)24-23(30)33-19/h4-5,8,10-11,14-18H,1-3,6-7,9H2,(H,24,30)(H,26,27)/t10-,11-,14+,15+,16-,17-,18+/m1/s1. The minimum absolute atomic E-state index is 0.0612. The lowest BCUT2D eigenvalue weighted by molar-refractivity contribution is -0.141. The normalized spacial score (nSPS) is 33.9. The number of aliphatic carboxylic acids is 1. The van der Waals surface area contributed by atoms with Crippen molar-refractivity contribution in [3.63, 3.8) is 0 Å². The maximum atomic E-state index is 13.4. The second kappa shape index (κ2) is 7.87. The van der Waals surface area contributed by atoms with E-state index >= 15 is 0 Å². The smallest absolute Gasteiger partial charge is 0.305 e. The summed E-state index contributed by atoms with van der Waals surface area (Å²) in [6.07, 6.45) is 4.48. The van der Waals surface area contributed by atoms with Gasteiger partial charge >= 0.3 is 10.8 Å². The largest absolute Gasteiger partial charge is 0.481 e. The van der Waals surface area contributed by atoms with Gasteiger partial charge in [-0.05, 0) is 49.1 Å². The van der Waals surface area contributed by atoms with Gasteiger partial charge in [-0.3, -0.25) is 24.1 Å². The molecule has 6 rings (SSSR count). The third kappa shape index (κ3) is 3.17. The number of hydrogen-bond donors (Lipinski definition) is 2. The zero-order chi connectivity index (χ0) is 22.9. The lowest BCUT2D eigenvalue weighted by Crippen LogP contribution is -2.42. The number of thiazole rings is 1. The molecule has 174 valence electrons. The summed E-state index contributed by atoms with van der Waals surface area (Å²) in [5.41, 5.74) is 0. The van der Waals surface area contributed by atoms with Crippen molar-refractivity contribution in [3.8, 4) is 0 Å². The van der Waals surface area contributed by atoms with Crippen LogP contribution in [0.3, 0.4) is 0 Å². The molecule has 7 atom stereocenters. The SMILES string of the molecule is O=C(O)CCCCCN1C(=O)[C@@H]2[C@H]3C[C@@H]([C@@H]2C1=O)[C@H]1[C@@H](c2ccco2)c2sc(=O)[nH]c2S[C@@H]31. The number of carbonyl (C=O) groups is 3. The van der Waals surface area contributed by atoms with Gasteiger partial charge in [0, 0.05) is 18.2 Å². The Balaban J connectivity index is 1.27. The van der Waals surface area contributed by atoms with E-state index in [0.717, 1.165) is 22.1 Å². The number of aromatic amines is 1. The van der Waals surface area contributed by atoms with Gasteiger partial charge in [0.1, 0.15) is 5.76 Å². The summed E-state index contributed by atoms with van der Waals surface area (Å²) in [5.74, 6) is -0.429. The van der Waals surface area contributed by atoms with Gasteiger partial charge < -0.3 is 14.5 Å². The molecule has 0 radical (unpaired) electrons. The summed E-state index contributed by atoms with van der Waals surface area (Å²) < 4.78 is 5.81. The Hall–Kier alpha value is -2.33. The van der Waals surface area contributed by atoms with Crippen molar-refractivity contribution < 1.29 is 23.9 Å². The van der Waals surface area contributed by atoms with Crippen LogP contribution in [0, 0.1) is 29.6 Å². The summed E-state index contributed by atoms with van der Waals surface area (Å²) in [4.78, 5) is 54.9. The molecule has 2 aromatic rings. The number of amides is 2. The molecule has 2 aromatic heterocycles. The molecular weight excluding hydrogens is 464 g/mol. The summed E-state index contributed by atoms with van der Waals surface area (Å²) in [6, 6.07) is 3.80. The maximum Gasteiger partial charge on any atom is 0.305 e. The van der Waals surface area contributed by atoms with E-state index in [-0.39, 0.29) is 63.9 Å². The number of furan rings is 1. The van der Waals surface area contributed by atoms with E-state index in [2.05, 4.69) is 4.98 Å². The van der Waals surface area contributed by atoms with Gasteiger partial charge in [-0.25, -0.2) is 0 Å². The molecule has 3 fully saturated rings. The van der Waals surface area contributed by atoms with Crippen molar-refractivity contribution in [2.75, 3.05) is 6.54 Å². The van der Waals surface area contributed by atoms with Gasteiger partial charge in [0.15, 0.2) is 0 Å². The molecule has 0 aromatic carbocycles. The molecule has 10 heteroatoms. The number of imide groups is 1. The number of rotatable bonds is 7. The van der Waals surface area contributed by atoms with Crippen molar-refractivity contribution in [3.05, 3.63) is 38.7 Å². The number of unbranched alkanes of at least 4 members (excludes halogenated alkanes) is 2. The van der Waals surface area contributed by atoms with Gasteiger partial charge in [0.25, 0.3) is 0 Å². The van der Waals surface area contributed by atoms with Gasteiger partial charge in [-0.1, -0.05) is 17.8 Å². The van der Waals surface area contributed by atoms with Crippen molar-refractivity contribution in [2.24, 2.45) is 29.6 Å². The Kier molecular flexibility index (Phi) is 5.06. The Morgan fingerprint density at radius 2 is 1.94 bits per heavy atom. The van der Waals surface area contributed by atoms with Crippen LogP contribution >= 0.6 is 23.1 Å². The first kappa shape index (κ1) is 21.2. The summed E-state index contributed by atoms with van der Waals surface area (Å²) in [5, 5.41) is 9.83. The van der Waals surface area contributed by atoms with Crippen molar-refractivity contribution in [1.82, 2.24) is 9.88 Å². The van der Waals surface area contributed by atoms with E-state index in [4.69, 9.17) is 9.52 Å². The molecule has 8 nitrogen and oxygen atoms in total. The van der Waals surface area contributed by atoms with Crippen molar-refractivity contribution in [2.45, 2.75) is 48.3 Å². The van der Waals surface area contributed by atoms with E-state index in [9.17, 15) is 19.2 Å². The predicted molar refractivity (Wildman–Crippen MR) is 120 cm³/mol. The highest BCUT2D eigenvalue weighted by Crippen LogP contribution is 2.68. The lowest BCUT2D eigenvalue weighted by Gasteiger charge is -2.42. The minimum atomic E-state index is -0.824. The average molecular weight is 489 g/mol. The number of carbonyl (C=O) groups excluding carboxylic acids is 2. The fraction of sp³-hybridized carbons (Fsp3) is 0.565. The van der Waals surface area contributed by atoms with E-state index < -0.39 is 5.97 Å². The average Bonchev–Trinajstić information content (AvgIpc) is 3.57. The van der Waals surface area contributed by atoms with Crippen LogP contribution in [0.15, 0.2) is 32.6 Å². The van der Waals surface area contributed by atoms with Crippen LogP contribution in [-0.2, 0) is 14.4 Å². The number of nitrogens with zero attached hydrogens (tertiary/aromatic N) is 1. The molecule has 4 aliphatic rings. The van der Waals surface area contributed by atoms with Gasteiger partial charge in [-0.2, -0.15) is 0 Å². The third-order valence-corrected chi connectivity index (χ3v) is 10.5. The first-order chi connectivity index (χ1) is 16.0. The number of fused-ring (bicyclic) bond motifs is 9.